The highest BCUT2D eigenvalue weighted by molar-refractivity contribution is 6.31. The molecule has 3 aromatic carbocycles. The highest BCUT2D eigenvalue weighted by atomic mass is 35.5. The summed E-state index contributed by atoms with van der Waals surface area (Å²) in [5, 5.41) is 3.42. The third-order valence-electron chi connectivity index (χ3n) is 6.99. The summed E-state index contributed by atoms with van der Waals surface area (Å²) in [4.78, 5) is 46.5. The minimum atomic E-state index is -0.709. The molecular weight excluding hydrogens is 530 g/mol. The SMILES string of the molecule is CC(=O)N(CCCN(C)C)c1ccc(N=C(c2ccc3c(c2)oc(=O)n3C)C2C(=O)Nc3cc(Cl)ccc32)cc1. The van der Waals surface area contributed by atoms with Crippen molar-refractivity contribution in [1.82, 2.24) is 9.47 Å². The molecule has 1 aromatic heterocycles. The number of rotatable bonds is 8. The van der Waals surface area contributed by atoms with Crippen molar-refractivity contribution >= 4 is 57.3 Å². The number of carbonyl (C=O) groups excluding carboxylic acids is 2. The molecule has 0 aliphatic carbocycles. The molecule has 0 saturated carbocycles. The second-order valence-corrected chi connectivity index (χ2v) is 10.5. The zero-order chi connectivity index (χ0) is 28.6. The summed E-state index contributed by atoms with van der Waals surface area (Å²) in [7, 11) is 5.65. The van der Waals surface area contributed by atoms with E-state index in [0.29, 0.717) is 45.3 Å². The van der Waals surface area contributed by atoms with E-state index >= 15 is 0 Å². The summed E-state index contributed by atoms with van der Waals surface area (Å²) < 4.78 is 6.84. The first kappa shape index (κ1) is 27.4. The maximum atomic E-state index is 13.3. The fourth-order valence-corrected chi connectivity index (χ4v) is 5.13. The van der Waals surface area contributed by atoms with Crippen molar-refractivity contribution in [2.24, 2.45) is 12.0 Å². The lowest BCUT2D eigenvalue weighted by atomic mass is 9.90. The number of nitrogens with one attached hydrogen (secondary N) is 1. The number of anilines is 2. The van der Waals surface area contributed by atoms with E-state index in [1.165, 1.54) is 4.57 Å². The molecule has 0 spiro atoms. The number of nitrogens with zero attached hydrogens (tertiary/aromatic N) is 4. The first-order chi connectivity index (χ1) is 19.1. The minimum absolute atomic E-state index is 0.0359. The number of hydrogen-bond donors (Lipinski definition) is 1. The van der Waals surface area contributed by atoms with Gasteiger partial charge in [0.1, 0.15) is 5.92 Å². The van der Waals surface area contributed by atoms with Crippen molar-refractivity contribution in [1.29, 1.82) is 0 Å². The van der Waals surface area contributed by atoms with E-state index in [1.54, 1.807) is 43.1 Å². The van der Waals surface area contributed by atoms with Crippen LogP contribution in [0, 0.1) is 0 Å². The highest BCUT2D eigenvalue weighted by Gasteiger charge is 2.36. The molecule has 0 saturated heterocycles. The molecule has 0 radical (unpaired) electrons. The Hall–Kier alpha value is -4.21. The van der Waals surface area contributed by atoms with Gasteiger partial charge in [0.2, 0.25) is 11.8 Å². The summed E-state index contributed by atoms with van der Waals surface area (Å²) in [6.45, 7) is 3.03. The molecule has 2 heterocycles. The molecule has 1 aliphatic heterocycles. The summed E-state index contributed by atoms with van der Waals surface area (Å²) >= 11 is 6.18. The van der Waals surface area contributed by atoms with E-state index in [-0.39, 0.29) is 11.8 Å². The third kappa shape index (κ3) is 5.43. The van der Waals surface area contributed by atoms with Crippen LogP contribution >= 0.6 is 11.6 Å². The molecule has 206 valence electrons. The van der Waals surface area contributed by atoms with Crippen molar-refractivity contribution in [3.63, 3.8) is 0 Å². The first-order valence-electron chi connectivity index (χ1n) is 12.9. The number of aliphatic imine (C=N–C) groups is 1. The van der Waals surface area contributed by atoms with Crippen LogP contribution in [0.5, 0.6) is 0 Å². The Morgan fingerprint density at radius 2 is 1.80 bits per heavy atom. The number of amides is 2. The van der Waals surface area contributed by atoms with Crippen LogP contribution in [0.3, 0.4) is 0 Å². The second kappa shape index (κ2) is 11.1. The molecule has 0 fully saturated rings. The monoisotopic (exact) mass is 559 g/mol. The molecule has 1 unspecified atom stereocenters. The predicted molar refractivity (Wildman–Crippen MR) is 158 cm³/mol. The average molecular weight is 560 g/mol. The van der Waals surface area contributed by atoms with Crippen LogP contribution in [-0.2, 0) is 16.6 Å². The van der Waals surface area contributed by atoms with Crippen molar-refractivity contribution in [3.05, 3.63) is 87.4 Å². The van der Waals surface area contributed by atoms with Gasteiger partial charge in [-0.2, -0.15) is 0 Å². The molecule has 10 heteroatoms. The van der Waals surface area contributed by atoms with Gasteiger partial charge >= 0.3 is 5.76 Å². The van der Waals surface area contributed by atoms with E-state index in [4.69, 9.17) is 21.0 Å². The van der Waals surface area contributed by atoms with Crippen LogP contribution in [-0.4, -0.2) is 54.2 Å². The van der Waals surface area contributed by atoms with E-state index in [0.717, 1.165) is 24.2 Å². The van der Waals surface area contributed by atoms with Gasteiger partial charge in [-0.25, -0.2) is 4.79 Å². The molecule has 9 nitrogen and oxygen atoms in total. The molecule has 40 heavy (non-hydrogen) atoms. The third-order valence-corrected chi connectivity index (χ3v) is 7.22. The van der Waals surface area contributed by atoms with Gasteiger partial charge in [-0.15, -0.1) is 0 Å². The molecule has 2 amide bonds. The summed E-state index contributed by atoms with van der Waals surface area (Å²) in [5.74, 6) is -1.45. The highest BCUT2D eigenvalue weighted by Crippen LogP contribution is 2.38. The predicted octanol–water partition coefficient (Wildman–Crippen LogP) is 4.95. The van der Waals surface area contributed by atoms with Crippen LogP contribution in [0.15, 0.2) is 74.9 Å². The number of benzene rings is 3. The Balaban J connectivity index is 1.56. The van der Waals surface area contributed by atoms with Crippen LogP contribution in [0.1, 0.15) is 30.4 Å². The Bertz CT molecular complexity index is 1690. The quantitative estimate of drug-likeness (QED) is 0.308. The lowest BCUT2D eigenvalue weighted by molar-refractivity contribution is -0.117. The Morgan fingerprint density at radius 3 is 2.50 bits per heavy atom. The number of halogens is 1. The average Bonchev–Trinajstić information content (AvgIpc) is 3.38. The standard InChI is InChI=1S/C30H30ClN5O4/c1-18(37)36(15-5-14-34(2)3)22-10-8-21(9-11-22)32-28(19-6-13-25-26(16-19)40-30(39)35(25)4)27-23-12-7-20(31)17-24(23)33-29(27)38/h6-13,16-17,27H,5,14-15H2,1-4H3,(H,33,38). The molecule has 4 aromatic rings. The van der Waals surface area contributed by atoms with Gasteiger partial charge < -0.3 is 19.5 Å². The summed E-state index contributed by atoms with van der Waals surface area (Å²) in [5.41, 5.74) is 4.95. The van der Waals surface area contributed by atoms with Crippen molar-refractivity contribution < 1.29 is 14.0 Å². The van der Waals surface area contributed by atoms with E-state index in [2.05, 4.69) is 10.2 Å². The fraction of sp³-hybridized carbons (Fsp3) is 0.267. The van der Waals surface area contributed by atoms with Gasteiger partial charge in [0, 0.05) is 42.5 Å². The zero-order valence-electron chi connectivity index (χ0n) is 22.8. The number of carbonyl (C=O) groups is 2. The number of aromatic nitrogens is 1. The van der Waals surface area contributed by atoms with Gasteiger partial charge in [0.05, 0.1) is 16.9 Å². The molecule has 0 bridgehead atoms. The van der Waals surface area contributed by atoms with Crippen molar-refractivity contribution in [2.75, 3.05) is 37.4 Å². The maximum Gasteiger partial charge on any atom is 0.419 e. The number of fused-ring (bicyclic) bond motifs is 2. The lowest BCUT2D eigenvalue weighted by Gasteiger charge is -2.22. The topological polar surface area (TPSA) is 100 Å². The molecule has 5 rings (SSSR count). The van der Waals surface area contributed by atoms with E-state index in [1.807, 2.05) is 50.5 Å². The molecule has 1 aliphatic rings. The van der Waals surface area contributed by atoms with Crippen LogP contribution in [0.2, 0.25) is 5.02 Å². The normalized spacial score (nSPS) is 15.0. The lowest BCUT2D eigenvalue weighted by Crippen LogP contribution is -2.31. The Kier molecular flexibility index (Phi) is 7.60. The Labute approximate surface area is 236 Å². The fourth-order valence-electron chi connectivity index (χ4n) is 4.95. The smallest absolute Gasteiger partial charge is 0.408 e. The maximum absolute atomic E-state index is 13.3. The Morgan fingerprint density at radius 1 is 1.05 bits per heavy atom. The van der Waals surface area contributed by atoms with Gasteiger partial charge in [0.25, 0.3) is 0 Å². The second-order valence-electron chi connectivity index (χ2n) is 10.1. The zero-order valence-corrected chi connectivity index (χ0v) is 23.5. The van der Waals surface area contributed by atoms with E-state index < -0.39 is 11.7 Å². The number of oxazole rings is 1. The van der Waals surface area contributed by atoms with Crippen LogP contribution in [0.25, 0.3) is 11.1 Å². The van der Waals surface area contributed by atoms with Crippen LogP contribution in [0.4, 0.5) is 17.1 Å². The van der Waals surface area contributed by atoms with Crippen LogP contribution < -0.4 is 16.0 Å². The van der Waals surface area contributed by atoms with Gasteiger partial charge in [0.15, 0.2) is 5.58 Å². The van der Waals surface area contributed by atoms with Gasteiger partial charge in [-0.05, 0) is 81.2 Å². The summed E-state index contributed by atoms with van der Waals surface area (Å²) in [6.07, 6.45) is 0.842. The first-order valence-corrected chi connectivity index (χ1v) is 13.3. The molecule has 1 atom stereocenters. The van der Waals surface area contributed by atoms with E-state index in [9.17, 15) is 14.4 Å². The number of hydrogen-bond acceptors (Lipinski definition) is 6. The van der Waals surface area contributed by atoms with Crippen molar-refractivity contribution in [3.8, 4) is 0 Å². The largest absolute Gasteiger partial charge is 0.419 e. The minimum Gasteiger partial charge on any atom is -0.408 e. The van der Waals surface area contributed by atoms with Crippen molar-refractivity contribution in [2.45, 2.75) is 19.3 Å². The van der Waals surface area contributed by atoms with Gasteiger partial charge in [-0.3, -0.25) is 19.1 Å². The van der Waals surface area contributed by atoms with Gasteiger partial charge in [-0.1, -0.05) is 23.7 Å². The molecule has 1 N–H and O–H groups in total. The summed E-state index contributed by atoms with van der Waals surface area (Å²) in [6, 6.07) is 18.0. The molecular formula is C30H30ClN5O4. The number of aryl methyl sites for hydroxylation is 1.